The highest BCUT2D eigenvalue weighted by molar-refractivity contribution is 5.81. The molecule has 1 amide bonds. The first-order chi connectivity index (χ1) is 7.20. The summed E-state index contributed by atoms with van der Waals surface area (Å²) in [6.45, 7) is 6.29. The van der Waals surface area contributed by atoms with E-state index in [9.17, 15) is 4.79 Å². The average Bonchev–Trinajstić information content (AvgIpc) is 2.38. The second-order valence-electron chi connectivity index (χ2n) is 4.83. The summed E-state index contributed by atoms with van der Waals surface area (Å²) in [6.07, 6.45) is 5.67. The Morgan fingerprint density at radius 1 is 1.47 bits per heavy atom. The highest BCUT2D eigenvalue weighted by Gasteiger charge is 2.19. The van der Waals surface area contributed by atoms with Crippen LogP contribution in [-0.4, -0.2) is 25.0 Å². The first-order valence-corrected chi connectivity index (χ1v) is 6.21. The van der Waals surface area contributed by atoms with Crippen molar-refractivity contribution < 1.29 is 4.79 Å². The molecule has 1 atom stereocenters. The molecule has 0 aromatic carbocycles. The molecule has 1 heterocycles. The Kier molecular flexibility index (Phi) is 5.69. The highest BCUT2D eigenvalue weighted by Crippen LogP contribution is 2.06. The van der Waals surface area contributed by atoms with Gasteiger partial charge in [-0.3, -0.25) is 4.79 Å². The van der Waals surface area contributed by atoms with Crippen molar-refractivity contribution >= 4 is 5.91 Å². The predicted octanol–water partition coefficient (Wildman–Crippen LogP) is 1.68. The predicted molar refractivity (Wildman–Crippen MR) is 62.7 cm³/mol. The van der Waals surface area contributed by atoms with E-state index in [4.69, 9.17) is 0 Å². The first-order valence-electron chi connectivity index (χ1n) is 6.21. The number of nitrogens with one attached hydrogen (secondary N) is 2. The van der Waals surface area contributed by atoms with Crippen molar-refractivity contribution in [1.29, 1.82) is 0 Å². The molecule has 3 nitrogen and oxygen atoms in total. The summed E-state index contributed by atoms with van der Waals surface area (Å²) in [7, 11) is 0. The van der Waals surface area contributed by atoms with E-state index in [1.807, 2.05) is 0 Å². The van der Waals surface area contributed by atoms with Gasteiger partial charge in [-0.2, -0.15) is 0 Å². The van der Waals surface area contributed by atoms with Crippen molar-refractivity contribution in [2.24, 2.45) is 5.92 Å². The summed E-state index contributed by atoms with van der Waals surface area (Å²) >= 11 is 0. The summed E-state index contributed by atoms with van der Waals surface area (Å²) < 4.78 is 0. The van der Waals surface area contributed by atoms with Crippen LogP contribution < -0.4 is 10.6 Å². The van der Waals surface area contributed by atoms with E-state index in [0.717, 1.165) is 38.3 Å². The third-order valence-electron chi connectivity index (χ3n) is 2.88. The van der Waals surface area contributed by atoms with Crippen LogP contribution in [0.1, 0.15) is 46.0 Å². The van der Waals surface area contributed by atoms with Crippen molar-refractivity contribution in [3.8, 4) is 0 Å². The van der Waals surface area contributed by atoms with Gasteiger partial charge in [0, 0.05) is 6.54 Å². The van der Waals surface area contributed by atoms with Crippen LogP contribution in [0, 0.1) is 5.92 Å². The number of rotatable bonds is 5. The monoisotopic (exact) mass is 212 g/mol. The highest BCUT2D eigenvalue weighted by atomic mass is 16.2. The van der Waals surface area contributed by atoms with E-state index in [2.05, 4.69) is 24.5 Å². The van der Waals surface area contributed by atoms with E-state index in [-0.39, 0.29) is 11.9 Å². The van der Waals surface area contributed by atoms with Gasteiger partial charge in [-0.15, -0.1) is 0 Å². The Hall–Kier alpha value is -0.570. The minimum absolute atomic E-state index is 0.0552. The van der Waals surface area contributed by atoms with Gasteiger partial charge in [0.25, 0.3) is 0 Å². The first kappa shape index (κ1) is 12.5. The molecule has 1 rings (SSSR count). The molecule has 0 aromatic heterocycles. The smallest absolute Gasteiger partial charge is 0.237 e. The Labute approximate surface area is 93.0 Å². The fourth-order valence-corrected chi connectivity index (χ4v) is 1.92. The van der Waals surface area contributed by atoms with Gasteiger partial charge in [-0.05, 0) is 44.6 Å². The largest absolute Gasteiger partial charge is 0.355 e. The maximum absolute atomic E-state index is 11.6. The lowest BCUT2D eigenvalue weighted by atomic mass is 10.1. The molecule has 0 aromatic rings. The van der Waals surface area contributed by atoms with Gasteiger partial charge in [0.05, 0.1) is 6.04 Å². The molecule has 0 bridgehead atoms. The fourth-order valence-electron chi connectivity index (χ4n) is 1.92. The number of carbonyl (C=O) groups excluding carboxylic acids is 1. The molecule has 0 saturated carbocycles. The van der Waals surface area contributed by atoms with E-state index in [1.165, 1.54) is 12.8 Å². The van der Waals surface area contributed by atoms with Gasteiger partial charge in [-0.25, -0.2) is 0 Å². The van der Waals surface area contributed by atoms with Crippen LogP contribution in [0.2, 0.25) is 0 Å². The minimum Gasteiger partial charge on any atom is -0.355 e. The molecule has 1 aliphatic heterocycles. The maximum Gasteiger partial charge on any atom is 0.237 e. The Balaban J connectivity index is 2.15. The molecule has 0 spiro atoms. The number of hydrogen-bond donors (Lipinski definition) is 2. The van der Waals surface area contributed by atoms with Gasteiger partial charge >= 0.3 is 0 Å². The third kappa shape index (κ3) is 5.17. The van der Waals surface area contributed by atoms with Gasteiger partial charge < -0.3 is 10.6 Å². The molecule has 0 radical (unpaired) electrons. The van der Waals surface area contributed by atoms with Crippen molar-refractivity contribution in [3.63, 3.8) is 0 Å². The van der Waals surface area contributed by atoms with Gasteiger partial charge in [0.1, 0.15) is 0 Å². The molecule has 0 aliphatic carbocycles. The fraction of sp³-hybridized carbons (Fsp3) is 0.917. The minimum atomic E-state index is 0.0552. The lowest BCUT2D eigenvalue weighted by Gasteiger charge is -2.15. The van der Waals surface area contributed by atoms with Crippen LogP contribution >= 0.6 is 0 Å². The second-order valence-corrected chi connectivity index (χ2v) is 4.83. The molecule has 1 aliphatic rings. The van der Waals surface area contributed by atoms with Crippen molar-refractivity contribution in [2.75, 3.05) is 13.1 Å². The zero-order chi connectivity index (χ0) is 11.1. The summed E-state index contributed by atoms with van der Waals surface area (Å²) in [4.78, 5) is 11.6. The van der Waals surface area contributed by atoms with Gasteiger partial charge in [-0.1, -0.05) is 13.8 Å². The SMILES string of the molecule is CC(C)CCCNC1CCCCNC1=O. The van der Waals surface area contributed by atoms with Crippen LogP contribution in [0.4, 0.5) is 0 Å². The Morgan fingerprint density at radius 3 is 3.00 bits per heavy atom. The van der Waals surface area contributed by atoms with Crippen LogP contribution in [0.15, 0.2) is 0 Å². The number of amides is 1. The van der Waals surface area contributed by atoms with Crippen molar-refractivity contribution in [1.82, 2.24) is 10.6 Å². The lowest BCUT2D eigenvalue weighted by molar-refractivity contribution is -0.122. The molecule has 88 valence electrons. The topological polar surface area (TPSA) is 41.1 Å². The van der Waals surface area contributed by atoms with E-state index in [1.54, 1.807) is 0 Å². The Morgan fingerprint density at radius 2 is 2.27 bits per heavy atom. The molecule has 3 heteroatoms. The maximum atomic E-state index is 11.6. The van der Waals surface area contributed by atoms with E-state index < -0.39 is 0 Å². The molecular formula is C12H24N2O. The van der Waals surface area contributed by atoms with Crippen molar-refractivity contribution in [3.05, 3.63) is 0 Å². The van der Waals surface area contributed by atoms with Gasteiger partial charge in [0.2, 0.25) is 5.91 Å². The third-order valence-corrected chi connectivity index (χ3v) is 2.88. The molecule has 1 saturated heterocycles. The summed E-state index contributed by atoms with van der Waals surface area (Å²) in [5, 5.41) is 6.30. The van der Waals surface area contributed by atoms with Crippen LogP contribution in [0.5, 0.6) is 0 Å². The van der Waals surface area contributed by atoms with Crippen LogP contribution in [0.25, 0.3) is 0 Å². The summed E-state index contributed by atoms with van der Waals surface area (Å²) in [5.41, 5.74) is 0. The summed E-state index contributed by atoms with van der Waals surface area (Å²) in [5.74, 6) is 0.951. The number of hydrogen-bond acceptors (Lipinski definition) is 2. The zero-order valence-corrected chi connectivity index (χ0v) is 10.0. The van der Waals surface area contributed by atoms with E-state index >= 15 is 0 Å². The normalized spacial score (nSPS) is 22.6. The molecule has 2 N–H and O–H groups in total. The second kappa shape index (κ2) is 6.83. The molecule has 15 heavy (non-hydrogen) atoms. The quantitative estimate of drug-likeness (QED) is 0.681. The van der Waals surface area contributed by atoms with Gasteiger partial charge in [0.15, 0.2) is 0 Å². The van der Waals surface area contributed by atoms with Crippen LogP contribution in [-0.2, 0) is 4.79 Å². The number of carbonyl (C=O) groups is 1. The average molecular weight is 212 g/mol. The van der Waals surface area contributed by atoms with Crippen molar-refractivity contribution in [2.45, 2.75) is 52.0 Å². The van der Waals surface area contributed by atoms with E-state index in [0.29, 0.717) is 0 Å². The standard InChI is InChI=1S/C12H24N2O/c1-10(2)6-5-9-13-11-7-3-4-8-14-12(11)15/h10-11,13H,3-9H2,1-2H3,(H,14,15). The zero-order valence-electron chi connectivity index (χ0n) is 10.0. The molecule has 1 fully saturated rings. The Bertz CT molecular complexity index is 192. The lowest BCUT2D eigenvalue weighted by Crippen LogP contribution is -2.43. The molecular weight excluding hydrogens is 188 g/mol. The summed E-state index contributed by atoms with van der Waals surface area (Å²) in [6, 6.07) is 0.0552. The van der Waals surface area contributed by atoms with Crippen LogP contribution in [0.3, 0.4) is 0 Å². The molecule has 1 unspecified atom stereocenters.